The number of fused-ring (bicyclic) bond motifs is 1. The fourth-order valence-electron chi connectivity index (χ4n) is 3.90. The summed E-state index contributed by atoms with van der Waals surface area (Å²) in [5.74, 6) is -3.62. The lowest BCUT2D eigenvalue weighted by Crippen LogP contribution is -2.18. The van der Waals surface area contributed by atoms with Gasteiger partial charge < -0.3 is 15.7 Å². The van der Waals surface area contributed by atoms with Crippen LogP contribution in [-0.2, 0) is 10.0 Å². The minimum atomic E-state index is -3.86. The lowest BCUT2D eigenvalue weighted by atomic mass is 9.99. The molecule has 0 aliphatic rings. The Morgan fingerprint density at radius 1 is 1.14 bits per heavy atom. The molecule has 0 amide bonds. The summed E-state index contributed by atoms with van der Waals surface area (Å²) in [4.78, 5) is 20.5. The van der Waals surface area contributed by atoms with E-state index >= 15 is 4.39 Å². The Morgan fingerprint density at radius 3 is 2.58 bits per heavy atom. The maximum absolute atomic E-state index is 15.2. The van der Waals surface area contributed by atoms with Gasteiger partial charge in [-0.2, -0.15) is 0 Å². The number of H-pyrrole nitrogens is 1. The predicted molar refractivity (Wildman–Crippen MR) is 136 cm³/mol. The molecule has 0 saturated heterocycles. The van der Waals surface area contributed by atoms with Crippen molar-refractivity contribution in [1.82, 2.24) is 9.97 Å². The molecule has 0 aliphatic carbocycles. The molecular weight excluding hydrogens is 488 g/mol. The number of carbonyl (C=O) groups excluding carboxylic acids is 1. The van der Waals surface area contributed by atoms with Crippen molar-refractivity contribution in [3.63, 3.8) is 0 Å². The van der Waals surface area contributed by atoms with Gasteiger partial charge in [-0.05, 0) is 42.3 Å². The van der Waals surface area contributed by atoms with E-state index in [2.05, 4.69) is 20.0 Å². The van der Waals surface area contributed by atoms with E-state index in [1.165, 1.54) is 12.4 Å². The van der Waals surface area contributed by atoms with Gasteiger partial charge >= 0.3 is 0 Å². The lowest BCUT2D eigenvalue weighted by Gasteiger charge is -2.11. The highest BCUT2D eigenvalue weighted by Gasteiger charge is 2.26. The molecule has 4 N–H and O–H groups in total. The molecule has 0 spiro atoms. The van der Waals surface area contributed by atoms with E-state index in [-0.39, 0.29) is 11.3 Å². The summed E-state index contributed by atoms with van der Waals surface area (Å²) in [5, 5.41) is 11.0. The van der Waals surface area contributed by atoms with Crippen LogP contribution >= 0.6 is 0 Å². The molecule has 2 heterocycles. The molecule has 0 unspecified atom stereocenters. The summed E-state index contributed by atoms with van der Waals surface area (Å²) in [6, 6.07) is 8.86. The van der Waals surface area contributed by atoms with Crippen molar-refractivity contribution in [1.29, 1.82) is 5.41 Å². The third kappa shape index (κ3) is 4.69. The molecule has 0 aliphatic heterocycles. The average Bonchev–Trinajstić information content (AvgIpc) is 3.28. The monoisotopic (exact) mass is 511 g/mol. The first-order valence-corrected chi connectivity index (χ1v) is 12.7. The van der Waals surface area contributed by atoms with Crippen molar-refractivity contribution < 1.29 is 22.0 Å². The van der Waals surface area contributed by atoms with E-state index in [4.69, 9.17) is 5.41 Å². The standard InChI is InChI=1S/C25H23F2N5O3S/c1-3-8-36(34,35)32-21-7-5-19(26)22(23(21)27)24(33)18-13-31-25-17(18)10-16(12-30-25)14-4-6-20(29-2)15(9-14)11-28/h4-7,9-13,28-29,32H,3,8H2,1-2H3,(H,30,31). The SMILES string of the molecule is CCCS(=O)(=O)Nc1ccc(F)c(C(=O)c2c[nH]c3ncc(-c4ccc(NC)c(C=N)c4)cc23)c1F. The first-order valence-electron chi connectivity index (χ1n) is 11.0. The van der Waals surface area contributed by atoms with Crippen molar-refractivity contribution in [2.45, 2.75) is 13.3 Å². The molecule has 2 aromatic heterocycles. The number of ketones is 1. The second-order valence-corrected chi connectivity index (χ2v) is 9.89. The molecule has 0 atom stereocenters. The molecule has 4 rings (SSSR count). The van der Waals surface area contributed by atoms with Gasteiger partial charge in [-0.1, -0.05) is 13.0 Å². The number of nitrogens with zero attached hydrogens (tertiary/aromatic N) is 1. The normalized spacial score (nSPS) is 11.4. The van der Waals surface area contributed by atoms with Crippen LogP contribution in [0.25, 0.3) is 22.2 Å². The van der Waals surface area contributed by atoms with Crippen LogP contribution in [0.3, 0.4) is 0 Å². The second-order valence-electron chi connectivity index (χ2n) is 8.05. The summed E-state index contributed by atoms with van der Waals surface area (Å²) < 4.78 is 56.1. The van der Waals surface area contributed by atoms with Gasteiger partial charge in [0.2, 0.25) is 15.8 Å². The average molecular weight is 512 g/mol. The van der Waals surface area contributed by atoms with Crippen LogP contribution in [0.2, 0.25) is 0 Å². The Bertz CT molecular complexity index is 1600. The van der Waals surface area contributed by atoms with Gasteiger partial charge in [-0.15, -0.1) is 0 Å². The van der Waals surface area contributed by atoms with Gasteiger partial charge in [0, 0.05) is 53.4 Å². The first-order chi connectivity index (χ1) is 17.2. The fourth-order valence-corrected chi connectivity index (χ4v) is 5.03. The number of halogens is 2. The van der Waals surface area contributed by atoms with Crippen molar-refractivity contribution in [3.8, 4) is 11.1 Å². The quantitative estimate of drug-likeness (QED) is 0.187. The predicted octanol–water partition coefficient (Wildman–Crippen LogP) is 4.93. The number of anilines is 2. The second kappa shape index (κ2) is 9.86. The minimum absolute atomic E-state index is 0.0233. The Balaban J connectivity index is 1.78. The first kappa shape index (κ1) is 25.0. The molecule has 0 fully saturated rings. The van der Waals surface area contributed by atoms with Crippen LogP contribution in [0.4, 0.5) is 20.2 Å². The third-order valence-electron chi connectivity index (χ3n) is 5.64. The van der Waals surface area contributed by atoms with Crippen LogP contribution in [-0.4, -0.2) is 43.2 Å². The third-order valence-corrected chi connectivity index (χ3v) is 7.12. The summed E-state index contributed by atoms with van der Waals surface area (Å²) in [6.45, 7) is 1.65. The van der Waals surface area contributed by atoms with Gasteiger partial charge in [0.05, 0.1) is 17.0 Å². The summed E-state index contributed by atoms with van der Waals surface area (Å²) >= 11 is 0. The molecule has 2 aromatic carbocycles. The maximum atomic E-state index is 15.2. The zero-order chi connectivity index (χ0) is 26.0. The molecular formula is C25H23F2N5O3S. The van der Waals surface area contributed by atoms with Crippen molar-refractivity contribution in [2.24, 2.45) is 0 Å². The van der Waals surface area contributed by atoms with E-state index in [0.29, 0.717) is 28.6 Å². The van der Waals surface area contributed by atoms with Crippen molar-refractivity contribution >= 4 is 44.4 Å². The van der Waals surface area contributed by atoms with Gasteiger partial charge in [0.1, 0.15) is 11.5 Å². The number of benzene rings is 2. The Hall–Kier alpha value is -4.12. The zero-order valence-electron chi connectivity index (χ0n) is 19.4. The van der Waals surface area contributed by atoms with Gasteiger partial charge in [-0.3, -0.25) is 9.52 Å². The van der Waals surface area contributed by atoms with Gasteiger partial charge in [-0.25, -0.2) is 22.2 Å². The van der Waals surface area contributed by atoms with E-state index < -0.39 is 38.7 Å². The highest BCUT2D eigenvalue weighted by molar-refractivity contribution is 7.92. The number of pyridine rings is 1. The summed E-state index contributed by atoms with van der Waals surface area (Å²) in [7, 11) is -2.11. The van der Waals surface area contributed by atoms with Gasteiger partial charge in [0.25, 0.3) is 0 Å². The molecule has 11 heteroatoms. The van der Waals surface area contributed by atoms with Crippen molar-refractivity contribution in [2.75, 3.05) is 22.8 Å². The largest absolute Gasteiger partial charge is 0.388 e. The molecule has 4 aromatic rings. The Labute approximate surface area is 206 Å². The topological polar surface area (TPSA) is 128 Å². The number of hydrogen-bond donors (Lipinski definition) is 4. The minimum Gasteiger partial charge on any atom is -0.388 e. The van der Waals surface area contributed by atoms with Crippen LogP contribution < -0.4 is 10.0 Å². The van der Waals surface area contributed by atoms with Gasteiger partial charge in [0.15, 0.2) is 5.82 Å². The smallest absolute Gasteiger partial charge is 0.232 e. The molecule has 0 saturated carbocycles. The fraction of sp³-hybridized carbons (Fsp3) is 0.160. The maximum Gasteiger partial charge on any atom is 0.232 e. The molecule has 186 valence electrons. The Morgan fingerprint density at radius 2 is 1.89 bits per heavy atom. The number of sulfonamides is 1. The highest BCUT2D eigenvalue weighted by atomic mass is 32.2. The lowest BCUT2D eigenvalue weighted by molar-refractivity contribution is 0.103. The van der Waals surface area contributed by atoms with Crippen LogP contribution in [0.15, 0.2) is 48.8 Å². The molecule has 8 nitrogen and oxygen atoms in total. The van der Waals surface area contributed by atoms with E-state index in [1.807, 2.05) is 6.07 Å². The number of nitrogens with one attached hydrogen (secondary N) is 4. The van der Waals surface area contributed by atoms with E-state index in [9.17, 15) is 17.6 Å². The highest BCUT2D eigenvalue weighted by Crippen LogP contribution is 2.30. The number of hydrogen-bond acceptors (Lipinski definition) is 6. The number of rotatable bonds is 9. The number of aromatic amines is 1. The molecule has 36 heavy (non-hydrogen) atoms. The molecule has 0 bridgehead atoms. The van der Waals surface area contributed by atoms with Crippen LogP contribution in [0.5, 0.6) is 0 Å². The number of aromatic nitrogens is 2. The van der Waals surface area contributed by atoms with E-state index in [0.717, 1.165) is 23.4 Å². The van der Waals surface area contributed by atoms with Crippen LogP contribution in [0.1, 0.15) is 34.8 Å². The van der Waals surface area contributed by atoms with E-state index in [1.54, 1.807) is 38.4 Å². The molecule has 0 radical (unpaired) electrons. The summed E-state index contributed by atoms with van der Waals surface area (Å²) in [6.07, 6.45) is 4.40. The zero-order valence-corrected chi connectivity index (χ0v) is 20.3. The number of carbonyl (C=O) groups is 1. The van der Waals surface area contributed by atoms with Crippen molar-refractivity contribution in [3.05, 3.63) is 77.1 Å². The van der Waals surface area contributed by atoms with Crippen LogP contribution in [0, 0.1) is 17.0 Å². The summed E-state index contributed by atoms with van der Waals surface area (Å²) in [5.41, 5.74) is 1.70. The Kier molecular flexibility index (Phi) is 6.84.